The van der Waals surface area contributed by atoms with Gasteiger partial charge in [0, 0.05) is 100 Å². The molecule has 0 saturated heterocycles. The molecule has 0 N–H and O–H groups in total. The molecule has 18 nitrogen and oxygen atoms in total. The first-order chi connectivity index (χ1) is 43.8. The zero-order chi connectivity index (χ0) is 64.2. The van der Waals surface area contributed by atoms with E-state index in [0.29, 0.717) is 204 Å². The normalized spacial score (nSPS) is 11.0. The minimum Gasteiger partial charge on any atom is -0.496 e. The van der Waals surface area contributed by atoms with Crippen molar-refractivity contribution in [1.82, 2.24) is 0 Å². The molecule has 34 rings (SSSR count). The first kappa shape index (κ1) is 62.4. The van der Waals surface area contributed by atoms with Gasteiger partial charge in [-0.05, 0) is 109 Å². The topological polar surface area (TPSA) is 166 Å². The van der Waals surface area contributed by atoms with E-state index in [0.717, 1.165) is 0 Å². The summed E-state index contributed by atoms with van der Waals surface area (Å²) in [5.74, 6) is 8.74. The van der Waals surface area contributed by atoms with Crippen molar-refractivity contribution in [3.63, 3.8) is 0 Å². The van der Waals surface area contributed by atoms with Crippen LogP contribution in [0.4, 0.5) is 0 Å². The molecule has 0 radical (unpaired) electrons. The van der Waals surface area contributed by atoms with Crippen molar-refractivity contribution in [3.8, 4) is 204 Å². The van der Waals surface area contributed by atoms with E-state index < -0.39 is 0 Å². The minimum atomic E-state index is 0.486. The van der Waals surface area contributed by atoms with Crippen LogP contribution in [0.1, 0.15) is 0 Å². The first-order valence-electron chi connectivity index (χ1n) is 28.2. The van der Waals surface area contributed by atoms with E-state index in [1.807, 2.05) is 109 Å². The van der Waals surface area contributed by atoms with Gasteiger partial charge in [-0.3, -0.25) is 0 Å². The Morgan fingerprint density at radius 2 is 0.144 bits per heavy atom. The quantitative estimate of drug-likeness (QED) is 0.0795. The molecule has 25 aliphatic rings. The van der Waals surface area contributed by atoms with Gasteiger partial charge >= 0.3 is 0 Å². The number of hydrogen-bond donors (Lipinski definition) is 0. The highest BCUT2D eigenvalue weighted by Crippen LogP contribution is 2.57. The molecule has 0 amide bonds. The van der Waals surface area contributed by atoms with Crippen LogP contribution in [0.15, 0.2) is 109 Å². The summed E-state index contributed by atoms with van der Waals surface area (Å²) in [6.45, 7) is 0. The van der Waals surface area contributed by atoms with E-state index in [-0.39, 0.29) is 0 Å². The summed E-state index contributed by atoms with van der Waals surface area (Å²) in [7, 11) is 28.8. The fraction of sp³-hybridized carbons (Fsp3) is 0.250. The molecule has 0 atom stereocenters. The van der Waals surface area contributed by atoms with Gasteiger partial charge in [0.15, 0.2) is 0 Å². The maximum Gasteiger partial charge on any atom is 0.127 e. The zero-order valence-corrected chi connectivity index (χ0v) is 53.7. The summed E-state index contributed by atoms with van der Waals surface area (Å²) in [5.41, 5.74) is 11.5. The summed E-state index contributed by atoms with van der Waals surface area (Å²) in [6.07, 6.45) is 0. The van der Waals surface area contributed by atoms with Gasteiger partial charge < -0.3 is 85.3 Å². The second-order valence-corrected chi connectivity index (χ2v) is 20.3. The van der Waals surface area contributed by atoms with Gasteiger partial charge in [-0.1, -0.05) is 0 Å². The van der Waals surface area contributed by atoms with E-state index in [2.05, 4.69) is 0 Å². The van der Waals surface area contributed by atoms with Gasteiger partial charge in [-0.2, -0.15) is 0 Å². The van der Waals surface area contributed by atoms with Crippen molar-refractivity contribution in [2.75, 3.05) is 128 Å². The lowest BCUT2D eigenvalue weighted by Gasteiger charge is -2.23. The molecular formula is C72H72O18. The fourth-order valence-corrected chi connectivity index (χ4v) is 11.9. The number of ether oxygens (including phenoxy) is 18. The number of methoxy groups -OCH3 is 18. The van der Waals surface area contributed by atoms with Crippen LogP contribution in [0.3, 0.4) is 0 Å². The third-order valence-corrected chi connectivity index (χ3v) is 16.3. The van der Waals surface area contributed by atoms with Crippen LogP contribution in [0.5, 0.6) is 103 Å². The Kier molecular flexibility index (Phi) is 18.3. The molecule has 0 spiro atoms. The molecule has 0 unspecified atom stereocenters. The van der Waals surface area contributed by atoms with Gasteiger partial charge in [0.1, 0.15) is 103 Å². The third-order valence-electron chi connectivity index (χ3n) is 16.3. The van der Waals surface area contributed by atoms with Crippen LogP contribution in [-0.4, -0.2) is 128 Å². The maximum atomic E-state index is 6.22. The molecule has 468 valence electrons. The van der Waals surface area contributed by atoms with Crippen molar-refractivity contribution in [2.24, 2.45) is 0 Å². The van der Waals surface area contributed by atoms with Crippen molar-refractivity contribution in [2.45, 2.75) is 0 Å². The summed E-state index contributed by atoms with van der Waals surface area (Å²) in [4.78, 5) is 0. The second kappa shape index (κ2) is 26.4. The molecule has 9 aromatic carbocycles. The minimum absolute atomic E-state index is 0.486. The number of hydrogen-bond acceptors (Lipinski definition) is 18. The van der Waals surface area contributed by atoms with Gasteiger partial charge in [0.05, 0.1) is 128 Å². The van der Waals surface area contributed by atoms with Crippen LogP contribution >= 0.6 is 0 Å². The Labute approximate surface area is 523 Å². The van der Waals surface area contributed by atoms with Gasteiger partial charge in [-0.25, -0.2) is 0 Å². The lowest BCUT2D eigenvalue weighted by atomic mass is 9.90. The van der Waals surface area contributed by atoms with E-state index >= 15 is 0 Å². The molecule has 0 saturated carbocycles. The molecule has 9 aromatic rings. The highest BCUT2D eigenvalue weighted by atomic mass is 16.5. The molecule has 18 bridgehead atoms. The molecule has 90 heavy (non-hydrogen) atoms. The van der Waals surface area contributed by atoms with Crippen molar-refractivity contribution >= 4 is 0 Å². The first-order valence-corrected chi connectivity index (χ1v) is 28.2. The van der Waals surface area contributed by atoms with Crippen molar-refractivity contribution in [3.05, 3.63) is 109 Å². The Morgan fingerprint density at radius 3 is 0.178 bits per heavy atom. The van der Waals surface area contributed by atoms with Crippen molar-refractivity contribution in [1.29, 1.82) is 0 Å². The smallest absolute Gasteiger partial charge is 0.127 e. The van der Waals surface area contributed by atoms with Gasteiger partial charge in [-0.15, -0.1) is 0 Å². The third kappa shape index (κ3) is 10.7. The molecule has 25 aliphatic carbocycles. The van der Waals surface area contributed by atoms with Gasteiger partial charge in [0.2, 0.25) is 0 Å². The number of benzene rings is 9. The lowest BCUT2D eigenvalue weighted by molar-refractivity contribution is 0.396. The van der Waals surface area contributed by atoms with Gasteiger partial charge in [0.25, 0.3) is 0 Å². The predicted molar refractivity (Wildman–Crippen MR) is 347 cm³/mol. The second-order valence-electron chi connectivity index (χ2n) is 20.3. The van der Waals surface area contributed by atoms with Crippen LogP contribution < -0.4 is 85.3 Å². The molecule has 0 aliphatic heterocycles. The molecule has 0 aromatic heterocycles. The van der Waals surface area contributed by atoms with E-state index in [1.54, 1.807) is 128 Å². The van der Waals surface area contributed by atoms with E-state index in [9.17, 15) is 0 Å². The molecule has 0 fully saturated rings. The zero-order valence-electron chi connectivity index (χ0n) is 53.7. The van der Waals surface area contributed by atoms with Crippen LogP contribution in [0.25, 0.3) is 100 Å². The van der Waals surface area contributed by atoms with E-state index in [4.69, 9.17) is 85.3 Å². The summed E-state index contributed by atoms with van der Waals surface area (Å²) >= 11 is 0. The molecular weight excluding hydrogens is 1150 g/mol. The summed E-state index contributed by atoms with van der Waals surface area (Å²) < 4.78 is 112. The Balaban J connectivity index is 1.29. The molecule has 0 heterocycles. The average Bonchev–Trinajstić information content (AvgIpc) is 0.783. The summed E-state index contributed by atoms with van der Waals surface area (Å²) in [5, 5.41) is 0. The maximum absolute atomic E-state index is 6.22. The Morgan fingerprint density at radius 1 is 0.100 bits per heavy atom. The molecule has 18 heteroatoms. The van der Waals surface area contributed by atoms with E-state index in [1.165, 1.54) is 0 Å². The lowest BCUT2D eigenvalue weighted by Crippen LogP contribution is -2.01. The standard InChI is InChI=1S/C72H72O18/c1-73-55-19-38-40-22-60(78-6)42(24-59(40)77-5)44-26-64(82-10)46(28-63(44)81-9)48-30-68(86-14)50(32-67(48)85-13)52-34-72(90-18)54(36-71(52)89-17)53-35-69(87-15)51(33-70(53)88-16)49-31-65(83-11)47(29-66(49)84-12)45-27-61(79-7)43(25-62(45)80-8)41-23-57(75-3)39(21-58(41)76-4)37(55)20-56(38)74-2/h19-36H,1-18H3. The highest BCUT2D eigenvalue weighted by Gasteiger charge is 2.30. The predicted octanol–water partition coefficient (Wildman–Crippen LogP) is 15.2. The number of rotatable bonds is 18. The van der Waals surface area contributed by atoms with Crippen LogP contribution in [0.2, 0.25) is 0 Å². The SMILES string of the molecule is COc1cc2c(OC)cc1-c1cc(OC)c(cc1OC)-c1cc(OC)c(cc1OC)-c1cc(OC)c(cc1OC)-c1cc(OC)c(cc1OC)-c1cc(OC)c(cc1OC)-c1cc(OC)c(cc1OC)-c1cc(OC)c(cc1OC)-c1cc(OC)c-2cc1OC. The van der Waals surface area contributed by atoms with Crippen LogP contribution in [0, 0.1) is 0 Å². The average molecular weight is 1230 g/mol. The van der Waals surface area contributed by atoms with Crippen LogP contribution in [-0.2, 0) is 0 Å². The highest BCUT2D eigenvalue weighted by molar-refractivity contribution is 5.96. The fourth-order valence-electron chi connectivity index (χ4n) is 11.9. The van der Waals surface area contributed by atoms with Crippen molar-refractivity contribution < 1.29 is 85.3 Å². The monoisotopic (exact) mass is 1220 g/mol. The Bertz CT molecular complexity index is 3090. The largest absolute Gasteiger partial charge is 0.496 e. The Hall–Kier alpha value is -10.6. The summed E-state index contributed by atoms with van der Waals surface area (Å²) in [6, 6.07) is 34.0.